The lowest BCUT2D eigenvalue weighted by Crippen LogP contribution is -1.97. The Kier molecular flexibility index (Phi) is 4.83. The maximum absolute atomic E-state index is 13.8. The molecule has 0 amide bonds. The Labute approximate surface area is 137 Å². The Bertz CT molecular complexity index is 930. The fourth-order valence-corrected chi connectivity index (χ4v) is 2.81. The van der Waals surface area contributed by atoms with Crippen molar-refractivity contribution in [3.63, 3.8) is 0 Å². The average molecular weight is 354 g/mol. The molecule has 0 bridgehead atoms. The quantitative estimate of drug-likeness (QED) is 0.619. The lowest BCUT2D eigenvalue weighted by Gasteiger charge is -2.07. The molecule has 23 heavy (non-hydrogen) atoms. The van der Waals surface area contributed by atoms with E-state index in [0.717, 1.165) is 18.4 Å². The van der Waals surface area contributed by atoms with Crippen LogP contribution in [0.4, 0.5) is 8.78 Å². The predicted octanol–water partition coefficient (Wildman–Crippen LogP) is 4.00. The molecule has 7 heteroatoms. The van der Waals surface area contributed by atoms with Gasteiger partial charge < -0.3 is 0 Å². The Morgan fingerprint density at radius 1 is 1.13 bits per heavy atom. The van der Waals surface area contributed by atoms with E-state index in [0.29, 0.717) is 11.6 Å². The van der Waals surface area contributed by atoms with E-state index in [-0.39, 0.29) is 21.1 Å². The van der Waals surface area contributed by atoms with Crippen LogP contribution in [0, 0.1) is 23.0 Å². The van der Waals surface area contributed by atoms with Crippen molar-refractivity contribution in [1.82, 2.24) is 0 Å². The van der Waals surface area contributed by atoms with Gasteiger partial charge in [-0.3, -0.25) is 0 Å². The molecule has 2 aromatic carbocycles. The molecule has 0 radical (unpaired) electrons. The van der Waals surface area contributed by atoms with E-state index in [1.54, 1.807) is 6.07 Å². The van der Waals surface area contributed by atoms with Gasteiger partial charge in [-0.2, -0.15) is 5.26 Å². The number of nitrogens with zero attached hydrogens (tertiary/aromatic N) is 1. The summed E-state index contributed by atoms with van der Waals surface area (Å²) in [7, 11) is -3.36. The highest BCUT2D eigenvalue weighted by Crippen LogP contribution is 2.31. The summed E-state index contributed by atoms with van der Waals surface area (Å²) in [5.74, 6) is -1.68. The lowest BCUT2D eigenvalue weighted by molar-refractivity contribution is 0.581. The Hall–Kier alpha value is -2.23. The predicted molar refractivity (Wildman–Crippen MR) is 84.2 cm³/mol. The minimum Gasteiger partial charge on any atom is -0.224 e. The second-order valence-corrected chi connectivity index (χ2v) is 7.12. The summed E-state index contributed by atoms with van der Waals surface area (Å²) in [6.07, 6.45) is 1.06. The molecule has 0 saturated heterocycles. The first-order chi connectivity index (χ1) is 10.7. The third-order valence-electron chi connectivity index (χ3n) is 3.07. The first kappa shape index (κ1) is 17.1. The number of benzene rings is 2. The fourth-order valence-electron chi connectivity index (χ4n) is 1.91. The van der Waals surface area contributed by atoms with Gasteiger partial charge in [0.2, 0.25) is 0 Å². The molecule has 0 aliphatic carbocycles. The zero-order valence-electron chi connectivity index (χ0n) is 11.8. The molecular formula is C16H10ClF2NO2S. The largest absolute Gasteiger partial charge is 0.224 e. The monoisotopic (exact) mass is 353 g/mol. The normalized spacial score (nSPS) is 12.5. The third kappa shape index (κ3) is 3.76. The van der Waals surface area contributed by atoms with Crippen molar-refractivity contribution >= 4 is 32.0 Å². The molecule has 0 saturated carbocycles. The smallest absolute Gasteiger partial charge is 0.175 e. The topological polar surface area (TPSA) is 57.9 Å². The molecule has 0 heterocycles. The molecule has 3 nitrogen and oxygen atoms in total. The van der Waals surface area contributed by atoms with E-state index < -0.39 is 21.5 Å². The highest BCUT2D eigenvalue weighted by atomic mass is 35.5. The number of allylic oxidation sites excluding steroid dienone is 1. The Morgan fingerprint density at radius 3 is 2.22 bits per heavy atom. The highest BCUT2D eigenvalue weighted by Gasteiger charge is 2.15. The van der Waals surface area contributed by atoms with Gasteiger partial charge in [-0.05, 0) is 29.8 Å². The SMILES string of the molecule is CS(=O)(=O)c1ccc(/C(Cl)=C(/C#N)c2ccc(F)cc2F)cc1. The van der Waals surface area contributed by atoms with Crippen LogP contribution in [-0.2, 0) is 9.84 Å². The van der Waals surface area contributed by atoms with Crippen LogP contribution in [0.2, 0.25) is 0 Å². The summed E-state index contributed by atoms with van der Waals surface area (Å²) in [6, 6.07) is 10.1. The summed E-state index contributed by atoms with van der Waals surface area (Å²) < 4.78 is 49.6. The van der Waals surface area contributed by atoms with E-state index in [1.165, 1.54) is 24.3 Å². The van der Waals surface area contributed by atoms with Crippen LogP contribution in [0.15, 0.2) is 47.4 Å². The summed E-state index contributed by atoms with van der Waals surface area (Å²) in [4.78, 5) is 0.0946. The molecule has 2 rings (SSSR count). The van der Waals surface area contributed by atoms with E-state index in [2.05, 4.69) is 0 Å². The van der Waals surface area contributed by atoms with Gasteiger partial charge in [-0.15, -0.1) is 0 Å². The minimum atomic E-state index is -3.36. The van der Waals surface area contributed by atoms with Gasteiger partial charge in [0.25, 0.3) is 0 Å². The zero-order chi connectivity index (χ0) is 17.2. The maximum Gasteiger partial charge on any atom is 0.175 e. The first-order valence-corrected chi connectivity index (χ1v) is 8.57. The van der Waals surface area contributed by atoms with Crippen LogP contribution in [0.25, 0.3) is 10.6 Å². The van der Waals surface area contributed by atoms with Crippen LogP contribution < -0.4 is 0 Å². The Morgan fingerprint density at radius 2 is 1.74 bits per heavy atom. The fraction of sp³-hybridized carbons (Fsp3) is 0.0625. The Balaban J connectivity index is 2.56. The van der Waals surface area contributed by atoms with Crippen molar-refractivity contribution < 1.29 is 17.2 Å². The number of halogens is 3. The first-order valence-electron chi connectivity index (χ1n) is 6.30. The number of hydrogen-bond acceptors (Lipinski definition) is 3. The molecule has 0 N–H and O–H groups in total. The van der Waals surface area contributed by atoms with Crippen LogP contribution in [0.5, 0.6) is 0 Å². The van der Waals surface area contributed by atoms with E-state index in [1.807, 2.05) is 0 Å². The van der Waals surface area contributed by atoms with Crippen LogP contribution >= 0.6 is 11.6 Å². The minimum absolute atomic E-state index is 0.0574. The standard InChI is InChI=1S/C16H10ClF2NO2S/c1-23(21,22)12-5-2-10(3-6-12)16(17)14(9-20)13-7-4-11(18)8-15(13)19/h2-8H,1H3/b16-14+. The molecule has 0 unspecified atom stereocenters. The summed E-state index contributed by atoms with van der Waals surface area (Å²) in [5.41, 5.74) is 0.0432. The molecule has 0 aliphatic heterocycles. The van der Waals surface area contributed by atoms with Crippen molar-refractivity contribution in [2.24, 2.45) is 0 Å². The second-order valence-electron chi connectivity index (χ2n) is 4.72. The molecule has 0 aliphatic rings. The number of rotatable bonds is 3. The van der Waals surface area contributed by atoms with Gasteiger partial charge in [0.1, 0.15) is 17.7 Å². The molecule has 2 aromatic rings. The molecule has 0 spiro atoms. The highest BCUT2D eigenvalue weighted by molar-refractivity contribution is 7.90. The molecule has 0 aromatic heterocycles. The third-order valence-corrected chi connectivity index (χ3v) is 4.60. The summed E-state index contributed by atoms with van der Waals surface area (Å²) in [5, 5.41) is 9.18. The maximum atomic E-state index is 13.8. The lowest BCUT2D eigenvalue weighted by atomic mass is 10.0. The zero-order valence-corrected chi connectivity index (χ0v) is 13.4. The van der Waals surface area contributed by atoms with E-state index in [9.17, 15) is 22.5 Å². The van der Waals surface area contributed by atoms with Crippen LogP contribution in [0.3, 0.4) is 0 Å². The average Bonchev–Trinajstić information content (AvgIpc) is 2.49. The van der Waals surface area contributed by atoms with E-state index in [4.69, 9.17) is 11.6 Å². The van der Waals surface area contributed by atoms with Gasteiger partial charge in [-0.25, -0.2) is 17.2 Å². The van der Waals surface area contributed by atoms with Gasteiger partial charge in [0, 0.05) is 17.9 Å². The summed E-state index contributed by atoms with van der Waals surface area (Å²) >= 11 is 6.13. The molecule has 0 atom stereocenters. The van der Waals surface area contributed by atoms with Crippen molar-refractivity contribution in [1.29, 1.82) is 5.26 Å². The molecular weight excluding hydrogens is 344 g/mol. The number of nitriles is 1. The summed E-state index contributed by atoms with van der Waals surface area (Å²) in [6.45, 7) is 0. The van der Waals surface area contributed by atoms with Crippen molar-refractivity contribution in [2.75, 3.05) is 6.26 Å². The number of sulfone groups is 1. The second kappa shape index (κ2) is 6.49. The van der Waals surface area contributed by atoms with Crippen molar-refractivity contribution in [3.05, 3.63) is 65.2 Å². The number of hydrogen-bond donors (Lipinski definition) is 0. The molecule has 118 valence electrons. The van der Waals surface area contributed by atoms with Gasteiger partial charge in [0.15, 0.2) is 9.84 Å². The molecule has 0 fully saturated rings. The van der Waals surface area contributed by atoms with Crippen molar-refractivity contribution in [3.8, 4) is 6.07 Å². The van der Waals surface area contributed by atoms with Crippen LogP contribution in [-0.4, -0.2) is 14.7 Å². The van der Waals surface area contributed by atoms with Gasteiger partial charge in [0.05, 0.1) is 15.5 Å². The van der Waals surface area contributed by atoms with Gasteiger partial charge >= 0.3 is 0 Å². The van der Waals surface area contributed by atoms with E-state index >= 15 is 0 Å². The van der Waals surface area contributed by atoms with Gasteiger partial charge in [-0.1, -0.05) is 23.7 Å². The van der Waals surface area contributed by atoms with Crippen molar-refractivity contribution in [2.45, 2.75) is 4.90 Å². The van der Waals surface area contributed by atoms with Crippen LogP contribution in [0.1, 0.15) is 11.1 Å².